The summed E-state index contributed by atoms with van der Waals surface area (Å²) in [5, 5.41) is 0. The third kappa shape index (κ3) is 3.35. The van der Waals surface area contributed by atoms with E-state index in [2.05, 4.69) is 10.4 Å². The molecule has 3 N–H and O–H groups in total. The number of rotatable bonds is 5. The van der Waals surface area contributed by atoms with Crippen LogP contribution in [0.4, 0.5) is 0 Å². The molecule has 1 aromatic heterocycles. The molecule has 0 saturated carbocycles. The maximum absolute atomic E-state index is 5.74. The Morgan fingerprint density at radius 1 is 1.20 bits per heavy atom. The molecule has 2 rings (SSSR count). The summed E-state index contributed by atoms with van der Waals surface area (Å²) in [5.74, 6) is 6.59. The standard InChI is InChI=1S/C16H21N3O/c1-11(2)20-14-7-4-6-13(10-14)16(19-17)15-8-5-9-18-12(15)3/h4-11,16,19H,17H2,1-3H3. The van der Waals surface area contributed by atoms with Gasteiger partial charge in [-0.1, -0.05) is 18.2 Å². The smallest absolute Gasteiger partial charge is 0.120 e. The number of ether oxygens (including phenoxy) is 1. The van der Waals surface area contributed by atoms with Crippen LogP contribution in [-0.4, -0.2) is 11.1 Å². The maximum Gasteiger partial charge on any atom is 0.120 e. The van der Waals surface area contributed by atoms with E-state index >= 15 is 0 Å². The van der Waals surface area contributed by atoms with E-state index in [1.54, 1.807) is 6.20 Å². The largest absolute Gasteiger partial charge is 0.491 e. The first-order valence-corrected chi connectivity index (χ1v) is 6.76. The summed E-state index contributed by atoms with van der Waals surface area (Å²) >= 11 is 0. The van der Waals surface area contributed by atoms with Crippen molar-refractivity contribution >= 4 is 0 Å². The van der Waals surface area contributed by atoms with E-state index in [9.17, 15) is 0 Å². The molecule has 2 aromatic rings. The molecule has 0 aliphatic carbocycles. The summed E-state index contributed by atoms with van der Waals surface area (Å²) in [6, 6.07) is 11.8. The van der Waals surface area contributed by atoms with Crippen LogP contribution in [0, 0.1) is 6.92 Å². The molecule has 4 nitrogen and oxygen atoms in total. The highest BCUT2D eigenvalue weighted by molar-refractivity contribution is 5.37. The third-order valence-corrected chi connectivity index (χ3v) is 3.09. The van der Waals surface area contributed by atoms with Gasteiger partial charge in [0.15, 0.2) is 0 Å². The number of nitrogens with two attached hydrogens (primary N) is 1. The third-order valence-electron chi connectivity index (χ3n) is 3.09. The zero-order chi connectivity index (χ0) is 14.5. The molecule has 1 aromatic carbocycles. The summed E-state index contributed by atoms with van der Waals surface area (Å²) < 4.78 is 5.73. The molecule has 0 bridgehead atoms. The minimum atomic E-state index is -0.0978. The van der Waals surface area contributed by atoms with Crippen molar-refractivity contribution in [1.82, 2.24) is 10.4 Å². The lowest BCUT2D eigenvalue weighted by molar-refractivity contribution is 0.242. The molecule has 0 saturated heterocycles. The quantitative estimate of drug-likeness (QED) is 0.648. The molecule has 4 heteroatoms. The Kier molecular flexibility index (Phi) is 4.71. The average Bonchev–Trinajstić information content (AvgIpc) is 2.41. The minimum Gasteiger partial charge on any atom is -0.491 e. The zero-order valence-corrected chi connectivity index (χ0v) is 12.1. The SMILES string of the molecule is Cc1ncccc1C(NN)c1cccc(OC(C)C)c1. The molecule has 0 amide bonds. The first-order chi connectivity index (χ1) is 9.61. The highest BCUT2D eigenvalue weighted by atomic mass is 16.5. The van der Waals surface area contributed by atoms with Gasteiger partial charge < -0.3 is 4.74 Å². The van der Waals surface area contributed by atoms with Crippen LogP contribution >= 0.6 is 0 Å². The highest BCUT2D eigenvalue weighted by Gasteiger charge is 2.15. The minimum absolute atomic E-state index is 0.0978. The molecule has 0 radical (unpaired) electrons. The molecule has 106 valence electrons. The van der Waals surface area contributed by atoms with Crippen LogP contribution in [-0.2, 0) is 0 Å². The van der Waals surface area contributed by atoms with Gasteiger partial charge in [-0.3, -0.25) is 10.8 Å². The van der Waals surface area contributed by atoms with Gasteiger partial charge in [0.2, 0.25) is 0 Å². The Labute approximate surface area is 120 Å². The predicted molar refractivity (Wildman–Crippen MR) is 80.3 cm³/mol. The van der Waals surface area contributed by atoms with E-state index in [-0.39, 0.29) is 12.1 Å². The molecular formula is C16H21N3O. The second-order valence-electron chi connectivity index (χ2n) is 5.02. The Morgan fingerprint density at radius 3 is 2.65 bits per heavy atom. The Balaban J connectivity index is 2.35. The van der Waals surface area contributed by atoms with E-state index in [1.807, 2.05) is 57.2 Å². The van der Waals surface area contributed by atoms with Crippen molar-refractivity contribution in [2.45, 2.75) is 32.9 Å². The number of hydrogen-bond acceptors (Lipinski definition) is 4. The Hall–Kier alpha value is -1.91. The van der Waals surface area contributed by atoms with Gasteiger partial charge in [-0.25, -0.2) is 5.43 Å². The van der Waals surface area contributed by atoms with Crippen LogP contribution in [0.25, 0.3) is 0 Å². The first-order valence-electron chi connectivity index (χ1n) is 6.76. The topological polar surface area (TPSA) is 60.2 Å². The van der Waals surface area contributed by atoms with Crippen LogP contribution in [0.2, 0.25) is 0 Å². The summed E-state index contributed by atoms with van der Waals surface area (Å²) in [7, 11) is 0. The Morgan fingerprint density at radius 2 is 2.00 bits per heavy atom. The van der Waals surface area contributed by atoms with Gasteiger partial charge in [0, 0.05) is 11.9 Å². The average molecular weight is 271 g/mol. The maximum atomic E-state index is 5.74. The number of hydrogen-bond donors (Lipinski definition) is 2. The van der Waals surface area contributed by atoms with E-state index in [0.29, 0.717) is 0 Å². The van der Waals surface area contributed by atoms with E-state index < -0.39 is 0 Å². The summed E-state index contributed by atoms with van der Waals surface area (Å²) in [5.41, 5.74) is 5.95. The van der Waals surface area contributed by atoms with Crippen molar-refractivity contribution in [3.8, 4) is 5.75 Å². The van der Waals surface area contributed by atoms with Crippen LogP contribution in [0.15, 0.2) is 42.6 Å². The van der Waals surface area contributed by atoms with Gasteiger partial charge in [-0.15, -0.1) is 0 Å². The summed E-state index contributed by atoms with van der Waals surface area (Å²) in [6.07, 6.45) is 1.93. The van der Waals surface area contributed by atoms with Crippen LogP contribution in [0.1, 0.15) is 36.7 Å². The molecule has 20 heavy (non-hydrogen) atoms. The van der Waals surface area contributed by atoms with E-state index in [4.69, 9.17) is 10.6 Å². The molecule has 1 heterocycles. The number of nitrogens with one attached hydrogen (secondary N) is 1. The van der Waals surface area contributed by atoms with Crippen molar-refractivity contribution in [1.29, 1.82) is 0 Å². The van der Waals surface area contributed by atoms with Crippen LogP contribution < -0.4 is 16.0 Å². The van der Waals surface area contributed by atoms with Gasteiger partial charge in [0.1, 0.15) is 5.75 Å². The van der Waals surface area contributed by atoms with Crippen LogP contribution in [0.3, 0.4) is 0 Å². The van der Waals surface area contributed by atoms with Crippen molar-refractivity contribution in [2.75, 3.05) is 0 Å². The van der Waals surface area contributed by atoms with Gasteiger partial charge in [0.05, 0.1) is 12.1 Å². The second-order valence-corrected chi connectivity index (χ2v) is 5.02. The van der Waals surface area contributed by atoms with Crippen molar-refractivity contribution in [2.24, 2.45) is 5.84 Å². The summed E-state index contributed by atoms with van der Waals surface area (Å²) in [4.78, 5) is 4.32. The molecule has 1 atom stereocenters. The van der Waals surface area contributed by atoms with Crippen molar-refractivity contribution in [3.05, 3.63) is 59.4 Å². The van der Waals surface area contributed by atoms with E-state index in [1.165, 1.54) is 0 Å². The van der Waals surface area contributed by atoms with Gasteiger partial charge in [-0.05, 0) is 50.1 Å². The van der Waals surface area contributed by atoms with Gasteiger partial charge in [0.25, 0.3) is 0 Å². The lowest BCUT2D eigenvalue weighted by Crippen LogP contribution is -2.29. The van der Waals surface area contributed by atoms with Crippen LogP contribution in [0.5, 0.6) is 5.75 Å². The predicted octanol–water partition coefficient (Wildman–Crippen LogP) is 2.73. The summed E-state index contributed by atoms with van der Waals surface area (Å²) in [6.45, 7) is 6.00. The van der Waals surface area contributed by atoms with Crippen molar-refractivity contribution < 1.29 is 4.74 Å². The fraction of sp³-hybridized carbons (Fsp3) is 0.312. The monoisotopic (exact) mass is 271 g/mol. The normalized spacial score (nSPS) is 12.4. The second kappa shape index (κ2) is 6.50. The number of nitrogens with zero attached hydrogens (tertiary/aromatic N) is 1. The zero-order valence-electron chi connectivity index (χ0n) is 12.1. The highest BCUT2D eigenvalue weighted by Crippen LogP contribution is 2.26. The molecule has 0 fully saturated rings. The van der Waals surface area contributed by atoms with Crippen molar-refractivity contribution in [3.63, 3.8) is 0 Å². The molecule has 0 aliphatic rings. The van der Waals surface area contributed by atoms with Gasteiger partial charge in [-0.2, -0.15) is 0 Å². The first kappa shape index (κ1) is 14.5. The lowest BCUT2D eigenvalue weighted by Gasteiger charge is -2.19. The fourth-order valence-electron chi connectivity index (χ4n) is 2.21. The molecular weight excluding hydrogens is 250 g/mol. The van der Waals surface area contributed by atoms with E-state index in [0.717, 1.165) is 22.6 Å². The fourth-order valence-corrected chi connectivity index (χ4v) is 2.21. The number of aromatic nitrogens is 1. The molecule has 1 unspecified atom stereocenters. The number of benzene rings is 1. The van der Waals surface area contributed by atoms with Gasteiger partial charge >= 0.3 is 0 Å². The molecule has 0 aliphatic heterocycles. The molecule has 0 spiro atoms. The number of pyridine rings is 1. The number of aryl methyl sites for hydroxylation is 1. The number of hydrazine groups is 1. The lowest BCUT2D eigenvalue weighted by atomic mass is 9.98. The Bertz CT molecular complexity index is 569.